The molecule has 2 N–H and O–H groups in total. The Bertz CT molecular complexity index is 1040. The molecule has 0 unspecified atom stereocenters. The molecule has 2 aromatic carbocycles. The molecule has 29 heavy (non-hydrogen) atoms. The van der Waals surface area contributed by atoms with Crippen LogP contribution in [-0.2, 0) is 23.8 Å². The summed E-state index contributed by atoms with van der Waals surface area (Å²) in [6, 6.07) is 11.9. The van der Waals surface area contributed by atoms with Gasteiger partial charge in [0.1, 0.15) is 5.82 Å². The monoisotopic (exact) mass is 403 g/mol. The van der Waals surface area contributed by atoms with Gasteiger partial charge in [0.05, 0.1) is 16.5 Å². The van der Waals surface area contributed by atoms with E-state index < -0.39 is 11.7 Å². The van der Waals surface area contributed by atoms with Crippen LogP contribution < -0.4 is 10.9 Å². The van der Waals surface area contributed by atoms with Gasteiger partial charge in [-0.05, 0) is 42.7 Å². The number of rotatable bonds is 7. The topological polar surface area (TPSA) is 74.8 Å². The summed E-state index contributed by atoms with van der Waals surface area (Å²) in [7, 11) is 0. The second-order valence-corrected chi connectivity index (χ2v) is 6.68. The number of fused-ring (bicyclic) bond motifs is 1. The fourth-order valence-corrected chi connectivity index (χ4v) is 2.96. The Balaban J connectivity index is 1.42. The maximum atomic E-state index is 12.5. The van der Waals surface area contributed by atoms with E-state index >= 15 is 0 Å². The highest BCUT2D eigenvalue weighted by Crippen LogP contribution is 2.29. The third-order valence-corrected chi connectivity index (χ3v) is 4.50. The summed E-state index contributed by atoms with van der Waals surface area (Å²) in [6.07, 6.45) is -2.65. The van der Waals surface area contributed by atoms with Crippen molar-refractivity contribution in [3.05, 3.63) is 75.8 Å². The molecule has 1 heterocycles. The molecule has 152 valence electrons. The van der Waals surface area contributed by atoms with Gasteiger partial charge in [-0.3, -0.25) is 9.59 Å². The number of aryl methyl sites for hydroxylation is 1. The van der Waals surface area contributed by atoms with Crippen molar-refractivity contribution in [1.29, 1.82) is 0 Å². The Morgan fingerprint density at radius 2 is 1.76 bits per heavy atom. The van der Waals surface area contributed by atoms with Gasteiger partial charge in [0.2, 0.25) is 5.91 Å². The molecule has 0 atom stereocenters. The number of aromatic nitrogens is 2. The van der Waals surface area contributed by atoms with Crippen LogP contribution in [-0.4, -0.2) is 22.4 Å². The van der Waals surface area contributed by atoms with Gasteiger partial charge in [-0.2, -0.15) is 13.2 Å². The van der Waals surface area contributed by atoms with Gasteiger partial charge in [-0.15, -0.1) is 0 Å². The third kappa shape index (κ3) is 5.66. The predicted octanol–water partition coefficient (Wildman–Crippen LogP) is 3.62. The van der Waals surface area contributed by atoms with Crippen LogP contribution in [0.3, 0.4) is 0 Å². The van der Waals surface area contributed by atoms with Crippen molar-refractivity contribution < 1.29 is 18.0 Å². The molecule has 0 saturated carbocycles. The minimum Gasteiger partial charge on any atom is -0.356 e. The first kappa shape index (κ1) is 20.6. The van der Waals surface area contributed by atoms with Crippen molar-refractivity contribution in [2.75, 3.05) is 6.54 Å². The van der Waals surface area contributed by atoms with Gasteiger partial charge in [-0.25, -0.2) is 4.98 Å². The molecule has 3 rings (SSSR count). The van der Waals surface area contributed by atoms with E-state index in [0.29, 0.717) is 42.5 Å². The van der Waals surface area contributed by atoms with E-state index in [1.165, 1.54) is 12.1 Å². The maximum absolute atomic E-state index is 12.5. The molecule has 3 aromatic rings. The van der Waals surface area contributed by atoms with Crippen LogP contribution >= 0.6 is 0 Å². The fraction of sp³-hybridized carbons (Fsp3) is 0.286. The van der Waals surface area contributed by atoms with Gasteiger partial charge in [0.15, 0.2) is 0 Å². The number of H-pyrrole nitrogens is 1. The minimum atomic E-state index is -4.35. The second kappa shape index (κ2) is 8.89. The summed E-state index contributed by atoms with van der Waals surface area (Å²) < 4.78 is 37.6. The molecule has 0 saturated heterocycles. The van der Waals surface area contributed by atoms with Gasteiger partial charge in [0, 0.05) is 19.4 Å². The number of para-hydroxylation sites is 1. The van der Waals surface area contributed by atoms with Crippen LogP contribution in [0.15, 0.2) is 53.3 Å². The molecule has 0 aliphatic heterocycles. The first-order valence-corrected chi connectivity index (χ1v) is 9.24. The number of aromatic amines is 1. The Hall–Kier alpha value is -3.16. The predicted molar refractivity (Wildman–Crippen MR) is 103 cm³/mol. The number of amides is 1. The van der Waals surface area contributed by atoms with Crippen LogP contribution in [0.2, 0.25) is 0 Å². The summed E-state index contributed by atoms with van der Waals surface area (Å²) in [5.41, 5.74) is 0.445. The second-order valence-electron chi connectivity index (χ2n) is 6.68. The van der Waals surface area contributed by atoms with Crippen molar-refractivity contribution in [3.8, 4) is 0 Å². The Morgan fingerprint density at radius 3 is 2.48 bits per heavy atom. The zero-order valence-corrected chi connectivity index (χ0v) is 15.6. The highest BCUT2D eigenvalue weighted by atomic mass is 19.4. The molecule has 1 aromatic heterocycles. The average molecular weight is 403 g/mol. The van der Waals surface area contributed by atoms with Crippen molar-refractivity contribution >= 4 is 16.8 Å². The lowest BCUT2D eigenvalue weighted by Crippen LogP contribution is -2.25. The van der Waals surface area contributed by atoms with Gasteiger partial charge >= 0.3 is 6.18 Å². The molecule has 0 bridgehead atoms. The highest BCUT2D eigenvalue weighted by molar-refractivity contribution is 5.77. The van der Waals surface area contributed by atoms with E-state index in [1.54, 1.807) is 18.2 Å². The lowest BCUT2D eigenvalue weighted by Gasteiger charge is -2.08. The first-order valence-electron chi connectivity index (χ1n) is 9.24. The zero-order valence-electron chi connectivity index (χ0n) is 15.6. The molecule has 0 radical (unpaired) electrons. The summed E-state index contributed by atoms with van der Waals surface area (Å²) in [6.45, 7) is 0.343. The zero-order chi connectivity index (χ0) is 20.9. The SMILES string of the molecule is O=C(CCCc1nc2ccccc2c(=O)[nH]1)NCCc1ccc(C(F)(F)F)cc1. The number of carbonyl (C=O) groups is 1. The number of halogens is 3. The Morgan fingerprint density at radius 1 is 1.03 bits per heavy atom. The fourth-order valence-electron chi connectivity index (χ4n) is 2.96. The summed E-state index contributed by atoms with van der Waals surface area (Å²) >= 11 is 0. The standard InChI is InChI=1S/C21H20F3N3O2/c22-21(23,24)15-10-8-14(9-11-15)12-13-25-19(28)7-3-6-18-26-17-5-2-1-4-16(17)20(29)27-18/h1-2,4-5,8-11H,3,6-7,12-13H2,(H,25,28)(H,26,27,29). The van der Waals surface area contributed by atoms with Crippen molar-refractivity contribution in [3.63, 3.8) is 0 Å². The van der Waals surface area contributed by atoms with Gasteiger partial charge in [0.25, 0.3) is 5.56 Å². The van der Waals surface area contributed by atoms with Crippen LogP contribution in [0.1, 0.15) is 29.8 Å². The number of alkyl halides is 3. The lowest BCUT2D eigenvalue weighted by atomic mass is 10.1. The number of carbonyl (C=O) groups excluding carboxylic acids is 1. The molecule has 0 spiro atoms. The molecule has 0 aliphatic carbocycles. The largest absolute Gasteiger partial charge is 0.416 e. The average Bonchev–Trinajstić information content (AvgIpc) is 2.68. The number of hydrogen-bond donors (Lipinski definition) is 2. The maximum Gasteiger partial charge on any atom is 0.416 e. The van der Waals surface area contributed by atoms with Crippen LogP contribution in [0.25, 0.3) is 10.9 Å². The Kier molecular flexibility index (Phi) is 6.31. The first-order chi connectivity index (χ1) is 13.8. The number of nitrogens with zero attached hydrogens (tertiary/aromatic N) is 1. The summed E-state index contributed by atoms with van der Waals surface area (Å²) in [5.74, 6) is 0.381. The Labute approximate surface area is 165 Å². The van der Waals surface area contributed by atoms with E-state index in [1.807, 2.05) is 6.07 Å². The lowest BCUT2D eigenvalue weighted by molar-refractivity contribution is -0.137. The van der Waals surface area contributed by atoms with E-state index in [4.69, 9.17) is 0 Å². The number of benzene rings is 2. The molecular formula is C21H20F3N3O2. The molecule has 1 amide bonds. The van der Waals surface area contributed by atoms with E-state index in [2.05, 4.69) is 15.3 Å². The van der Waals surface area contributed by atoms with Crippen molar-refractivity contribution in [1.82, 2.24) is 15.3 Å². The van der Waals surface area contributed by atoms with E-state index in [9.17, 15) is 22.8 Å². The molecule has 0 aliphatic rings. The third-order valence-electron chi connectivity index (χ3n) is 4.50. The summed E-state index contributed by atoms with van der Waals surface area (Å²) in [5, 5.41) is 3.28. The van der Waals surface area contributed by atoms with Crippen molar-refractivity contribution in [2.45, 2.75) is 31.9 Å². The molecular weight excluding hydrogens is 383 g/mol. The smallest absolute Gasteiger partial charge is 0.356 e. The van der Waals surface area contributed by atoms with Gasteiger partial charge < -0.3 is 10.3 Å². The minimum absolute atomic E-state index is 0.153. The van der Waals surface area contributed by atoms with Crippen LogP contribution in [0.4, 0.5) is 13.2 Å². The van der Waals surface area contributed by atoms with Crippen molar-refractivity contribution in [2.24, 2.45) is 0 Å². The van der Waals surface area contributed by atoms with Crippen LogP contribution in [0.5, 0.6) is 0 Å². The molecule has 8 heteroatoms. The summed E-state index contributed by atoms with van der Waals surface area (Å²) in [4.78, 5) is 31.1. The van der Waals surface area contributed by atoms with Gasteiger partial charge in [-0.1, -0.05) is 24.3 Å². The highest BCUT2D eigenvalue weighted by Gasteiger charge is 2.29. The quantitative estimate of drug-likeness (QED) is 0.633. The molecule has 5 nitrogen and oxygen atoms in total. The normalized spacial score (nSPS) is 11.6. The van der Waals surface area contributed by atoms with E-state index in [-0.39, 0.29) is 17.9 Å². The van der Waals surface area contributed by atoms with Crippen LogP contribution in [0, 0.1) is 0 Å². The number of nitrogens with one attached hydrogen (secondary N) is 2. The number of hydrogen-bond acceptors (Lipinski definition) is 3. The molecule has 0 fully saturated rings. The van der Waals surface area contributed by atoms with E-state index in [0.717, 1.165) is 17.7 Å².